The molecule has 0 atom stereocenters. The quantitative estimate of drug-likeness (QED) is 0.694. The average Bonchev–Trinajstić information content (AvgIpc) is 3.09. The minimum atomic E-state index is 0.607. The number of anilines is 2. The van der Waals surface area contributed by atoms with Gasteiger partial charge in [-0.1, -0.05) is 19.8 Å². The summed E-state index contributed by atoms with van der Waals surface area (Å²) in [6, 6.07) is 2.53. The fourth-order valence-corrected chi connectivity index (χ4v) is 1.53. The molecular weight excluding hydrogens is 200 g/mol. The van der Waals surface area contributed by atoms with Crippen molar-refractivity contribution in [1.82, 2.24) is 9.97 Å². The van der Waals surface area contributed by atoms with Crippen LogP contribution in [0.1, 0.15) is 39.0 Å². The predicted octanol–water partition coefficient (Wildman–Crippen LogP) is 2.65. The standard InChI is InChI=1S/C12H20N4/c1-2-3-4-8-13-11-7-9-14-12(16-11)15-10-5-6-10/h7,9-10H,2-6,8H2,1H3,(H2,13,14,15,16). The zero-order valence-electron chi connectivity index (χ0n) is 9.87. The minimum Gasteiger partial charge on any atom is -0.370 e. The Morgan fingerprint density at radius 2 is 2.25 bits per heavy atom. The summed E-state index contributed by atoms with van der Waals surface area (Å²) in [7, 11) is 0. The smallest absolute Gasteiger partial charge is 0.224 e. The summed E-state index contributed by atoms with van der Waals surface area (Å²) in [6.45, 7) is 3.20. The van der Waals surface area contributed by atoms with E-state index in [9.17, 15) is 0 Å². The summed E-state index contributed by atoms with van der Waals surface area (Å²) >= 11 is 0. The van der Waals surface area contributed by atoms with Gasteiger partial charge in [0, 0.05) is 18.8 Å². The van der Waals surface area contributed by atoms with Crippen molar-refractivity contribution in [3.8, 4) is 0 Å². The van der Waals surface area contributed by atoms with Crippen LogP contribution in [0.4, 0.5) is 11.8 Å². The summed E-state index contributed by atoms with van der Waals surface area (Å²) in [5.41, 5.74) is 0. The molecule has 4 nitrogen and oxygen atoms in total. The normalized spacial score (nSPS) is 14.8. The van der Waals surface area contributed by atoms with Crippen LogP contribution in [0, 0.1) is 0 Å². The second-order valence-electron chi connectivity index (χ2n) is 4.32. The first-order valence-corrected chi connectivity index (χ1v) is 6.22. The van der Waals surface area contributed by atoms with Gasteiger partial charge in [0.25, 0.3) is 0 Å². The third-order valence-electron chi connectivity index (χ3n) is 2.65. The molecular formula is C12H20N4. The van der Waals surface area contributed by atoms with E-state index in [0.717, 1.165) is 18.3 Å². The molecule has 2 N–H and O–H groups in total. The summed E-state index contributed by atoms with van der Waals surface area (Å²) in [5, 5.41) is 6.62. The van der Waals surface area contributed by atoms with Gasteiger partial charge in [-0.25, -0.2) is 4.98 Å². The largest absolute Gasteiger partial charge is 0.370 e. The van der Waals surface area contributed by atoms with E-state index in [4.69, 9.17) is 0 Å². The molecule has 1 saturated carbocycles. The van der Waals surface area contributed by atoms with Crippen molar-refractivity contribution in [2.24, 2.45) is 0 Å². The highest BCUT2D eigenvalue weighted by Gasteiger charge is 2.21. The third kappa shape index (κ3) is 3.68. The van der Waals surface area contributed by atoms with Crippen LogP contribution in [0.25, 0.3) is 0 Å². The molecule has 0 bridgehead atoms. The molecule has 1 heterocycles. The lowest BCUT2D eigenvalue weighted by molar-refractivity contribution is 0.742. The molecule has 0 aliphatic heterocycles. The van der Waals surface area contributed by atoms with Crippen LogP contribution < -0.4 is 10.6 Å². The molecule has 0 unspecified atom stereocenters. The molecule has 1 aliphatic rings. The number of nitrogens with one attached hydrogen (secondary N) is 2. The Labute approximate surface area is 96.9 Å². The monoisotopic (exact) mass is 220 g/mol. The fourth-order valence-electron chi connectivity index (χ4n) is 1.53. The van der Waals surface area contributed by atoms with Crippen molar-refractivity contribution in [1.29, 1.82) is 0 Å². The van der Waals surface area contributed by atoms with Gasteiger partial charge in [0.05, 0.1) is 0 Å². The maximum Gasteiger partial charge on any atom is 0.224 e. The number of hydrogen-bond acceptors (Lipinski definition) is 4. The first-order chi connectivity index (χ1) is 7.88. The van der Waals surface area contributed by atoms with Crippen LogP contribution in [0.15, 0.2) is 12.3 Å². The van der Waals surface area contributed by atoms with Crippen LogP contribution in [0.5, 0.6) is 0 Å². The molecule has 16 heavy (non-hydrogen) atoms. The third-order valence-corrected chi connectivity index (χ3v) is 2.65. The fraction of sp³-hybridized carbons (Fsp3) is 0.667. The molecule has 1 aromatic rings. The van der Waals surface area contributed by atoms with Gasteiger partial charge in [-0.2, -0.15) is 4.98 Å². The summed E-state index contributed by atoms with van der Waals surface area (Å²) in [6.07, 6.45) is 8.02. The Hall–Kier alpha value is -1.32. The van der Waals surface area contributed by atoms with E-state index in [1.807, 2.05) is 6.07 Å². The summed E-state index contributed by atoms with van der Waals surface area (Å²) in [5.74, 6) is 1.68. The van der Waals surface area contributed by atoms with Crippen LogP contribution in [0.2, 0.25) is 0 Å². The molecule has 2 rings (SSSR count). The van der Waals surface area contributed by atoms with Crippen molar-refractivity contribution in [2.75, 3.05) is 17.2 Å². The maximum absolute atomic E-state index is 4.42. The number of unbranched alkanes of at least 4 members (excludes halogenated alkanes) is 2. The summed E-state index contributed by atoms with van der Waals surface area (Å²) < 4.78 is 0. The Kier molecular flexibility index (Phi) is 3.97. The van der Waals surface area contributed by atoms with Gasteiger partial charge < -0.3 is 10.6 Å². The van der Waals surface area contributed by atoms with Crippen LogP contribution >= 0.6 is 0 Å². The Bertz CT molecular complexity index is 323. The van der Waals surface area contributed by atoms with Crippen LogP contribution in [-0.2, 0) is 0 Å². The van der Waals surface area contributed by atoms with E-state index >= 15 is 0 Å². The van der Waals surface area contributed by atoms with Crippen LogP contribution in [0.3, 0.4) is 0 Å². The lowest BCUT2D eigenvalue weighted by Crippen LogP contribution is -2.08. The van der Waals surface area contributed by atoms with Gasteiger partial charge >= 0.3 is 0 Å². The van der Waals surface area contributed by atoms with E-state index in [-0.39, 0.29) is 0 Å². The number of hydrogen-bond donors (Lipinski definition) is 2. The number of rotatable bonds is 7. The molecule has 1 aliphatic carbocycles. The average molecular weight is 220 g/mol. The van der Waals surface area contributed by atoms with Crippen molar-refractivity contribution in [3.63, 3.8) is 0 Å². The molecule has 4 heteroatoms. The first kappa shape index (κ1) is 11.2. The van der Waals surface area contributed by atoms with Gasteiger partial charge in [0.2, 0.25) is 5.95 Å². The molecule has 0 aromatic carbocycles. The van der Waals surface area contributed by atoms with Gasteiger partial charge in [-0.05, 0) is 25.3 Å². The molecule has 1 fully saturated rings. The van der Waals surface area contributed by atoms with Crippen molar-refractivity contribution < 1.29 is 0 Å². The SMILES string of the molecule is CCCCCNc1ccnc(NC2CC2)n1. The molecule has 1 aromatic heterocycles. The van der Waals surface area contributed by atoms with Crippen LogP contribution in [-0.4, -0.2) is 22.6 Å². The Balaban J connectivity index is 1.78. The summed E-state index contributed by atoms with van der Waals surface area (Å²) in [4.78, 5) is 8.62. The zero-order valence-corrected chi connectivity index (χ0v) is 9.87. The van der Waals surface area contributed by atoms with E-state index < -0.39 is 0 Å². The number of aromatic nitrogens is 2. The molecule has 0 amide bonds. The lowest BCUT2D eigenvalue weighted by atomic mass is 10.2. The zero-order chi connectivity index (χ0) is 11.2. The van der Waals surface area contributed by atoms with Gasteiger partial charge in [0.15, 0.2) is 0 Å². The molecule has 88 valence electrons. The van der Waals surface area contributed by atoms with E-state index in [1.165, 1.54) is 32.1 Å². The molecule has 0 spiro atoms. The van der Waals surface area contributed by atoms with Gasteiger partial charge in [-0.15, -0.1) is 0 Å². The predicted molar refractivity (Wildman–Crippen MR) is 66.7 cm³/mol. The van der Waals surface area contributed by atoms with E-state index in [2.05, 4.69) is 27.5 Å². The number of nitrogens with zero attached hydrogens (tertiary/aromatic N) is 2. The second kappa shape index (κ2) is 5.68. The lowest BCUT2D eigenvalue weighted by Gasteiger charge is -2.07. The molecule has 0 saturated heterocycles. The highest BCUT2D eigenvalue weighted by molar-refractivity contribution is 5.40. The maximum atomic E-state index is 4.42. The van der Waals surface area contributed by atoms with Crippen molar-refractivity contribution >= 4 is 11.8 Å². The van der Waals surface area contributed by atoms with Gasteiger partial charge in [0.1, 0.15) is 5.82 Å². The Morgan fingerprint density at radius 1 is 1.38 bits per heavy atom. The minimum absolute atomic E-state index is 0.607. The van der Waals surface area contributed by atoms with Gasteiger partial charge in [-0.3, -0.25) is 0 Å². The highest BCUT2D eigenvalue weighted by atomic mass is 15.2. The highest BCUT2D eigenvalue weighted by Crippen LogP contribution is 2.23. The second-order valence-corrected chi connectivity index (χ2v) is 4.32. The van der Waals surface area contributed by atoms with Crippen molar-refractivity contribution in [3.05, 3.63) is 12.3 Å². The topological polar surface area (TPSA) is 49.8 Å². The Morgan fingerprint density at radius 3 is 3.00 bits per heavy atom. The molecule has 0 radical (unpaired) electrons. The van der Waals surface area contributed by atoms with Crippen molar-refractivity contribution in [2.45, 2.75) is 45.1 Å². The van der Waals surface area contributed by atoms with E-state index in [0.29, 0.717) is 6.04 Å². The first-order valence-electron chi connectivity index (χ1n) is 6.22. The van der Waals surface area contributed by atoms with E-state index in [1.54, 1.807) is 6.20 Å².